The molecule has 0 saturated heterocycles. The highest BCUT2D eigenvalue weighted by Gasteiger charge is 2.61. The topological polar surface area (TPSA) is 117 Å². The van der Waals surface area contributed by atoms with Gasteiger partial charge in [0.15, 0.2) is 0 Å². The van der Waals surface area contributed by atoms with Crippen molar-refractivity contribution in [3.8, 4) is 0 Å². The fourth-order valence-electron chi connectivity index (χ4n) is 3.64. The molecule has 9 heteroatoms. The number of allylic oxidation sites excluding steroid dienone is 1. The lowest BCUT2D eigenvalue weighted by atomic mass is 9.67. The molecule has 0 aromatic heterocycles. The van der Waals surface area contributed by atoms with Gasteiger partial charge in [-0.1, -0.05) is 15.9 Å². The summed E-state index contributed by atoms with van der Waals surface area (Å²) in [4.78, 5) is 39.4. The zero-order chi connectivity index (χ0) is 21.5. The van der Waals surface area contributed by atoms with E-state index in [1.54, 1.807) is 39.0 Å². The van der Waals surface area contributed by atoms with Crippen LogP contribution >= 0.6 is 15.9 Å². The van der Waals surface area contributed by atoms with E-state index in [4.69, 9.17) is 19.9 Å². The molecule has 0 bridgehead atoms. The van der Waals surface area contributed by atoms with Crippen molar-refractivity contribution in [1.82, 2.24) is 0 Å². The number of esters is 2. The molecule has 0 aliphatic carbocycles. The normalized spacial score (nSPS) is 20.6. The number of amides is 1. The highest BCUT2D eigenvalue weighted by molar-refractivity contribution is 9.10. The molecule has 1 amide bonds. The van der Waals surface area contributed by atoms with Crippen LogP contribution in [0.15, 0.2) is 45.5 Å². The second-order valence-corrected chi connectivity index (χ2v) is 7.76. The van der Waals surface area contributed by atoms with Gasteiger partial charge in [-0.3, -0.25) is 4.79 Å². The van der Waals surface area contributed by atoms with Crippen molar-refractivity contribution in [2.75, 3.05) is 11.9 Å². The number of nitrogens with one attached hydrogen (secondary N) is 1. The van der Waals surface area contributed by atoms with Crippen LogP contribution in [-0.2, 0) is 34.0 Å². The summed E-state index contributed by atoms with van der Waals surface area (Å²) < 4.78 is 16.7. The predicted molar refractivity (Wildman–Crippen MR) is 107 cm³/mol. The molecule has 2 aliphatic rings. The molecular weight excluding hydrogens is 444 g/mol. The van der Waals surface area contributed by atoms with Gasteiger partial charge in [0.1, 0.15) is 22.3 Å². The molecule has 1 aromatic rings. The summed E-state index contributed by atoms with van der Waals surface area (Å²) in [7, 11) is 0. The average molecular weight is 465 g/mol. The number of anilines is 1. The Morgan fingerprint density at radius 2 is 1.97 bits per heavy atom. The van der Waals surface area contributed by atoms with E-state index in [1.165, 1.54) is 6.92 Å². The van der Waals surface area contributed by atoms with Crippen molar-refractivity contribution in [3.05, 3.63) is 51.0 Å². The van der Waals surface area contributed by atoms with Crippen LogP contribution in [-0.4, -0.2) is 30.6 Å². The lowest BCUT2D eigenvalue weighted by Crippen LogP contribution is -2.48. The number of carbonyl (C=O) groups is 3. The van der Waals surface area contributed by atoms with Crippen molar-refractivity contribution in [2.45, 2.75) is 39.2 Å². The standard InChI is InChI=1S/C20H21BrN2O6/c1-5-27-17(24)14-10(4)29-16(22)15(18(25)28-9(2)3)20(14)12-8-11(21)6-7-13(12)23-19(20)26/h6-9H,5,22H2,1-4H3,(H,23,26). The number of carbonyl (C=O) groups excluding carboxylic acids is 3. The third-order valence-corrected chi connectivity index (χ3v) is 5.11. The first kappa shape index (κ1) is 20.9. The number of benzene rings is 1. The second kappa shape index (κ2) is 7.55. The highest BCUT2D eigenvalue weighted by atomic mass is 79.9. The monoisotopic (exact) mass is 464 g/mol. The molecule has 1 spiro atoms. The first-order chi connectivity index (χ1) is 13.6. The van der Waals surface area contributed by atoms with Crippen molar-refractivity contribution in [2.24, 2.45) is 5.73 Å². The second-order valence-electron chi connectivity index (χ2n) is 6.84. The van der Waals surface area contributed by atoms with Gasteiger partial charge in [0.25, 0.3) is 0 Å². The van der Waals surface area contributed by atoms with E-state index in [-0.39, 0.29) is 29.4 Å². The van der Waals surface area contributed by atoms with Gasteiger partial charge in [0, 0.05) is 15.7 Å². The van der Waals surface area contributed by atoms with E-state index < -0.39 is 29.4 Å². The first-order valence-corrected chi connectivity index (χ1v) is 9.82. The summed E-state index contributed by atoms with van der Waals surface area (Å²) in [6, 6.07) is 5.06. The molecule has 1 atom stereocenters. The molecule has 154 valence electrons. The van der Waals surface area contributed by atoms with Crippen molar-refractivity contribution in [1.29, 1.82) is 0 Å². The van der Waals surface area contributed by atoms with Gasteiger partial charge in [-0.05, 0) is 45.9 Å². The molecule has 3 rings (SSSR count). The molecule has 2 heterocycles. The SMILES string of the molecule is CCOC(=O)C1=C(C)OC(N)=C(C(=O)OC(C)C)C12C(=O)Nc1ccc(Br)cc12. The van der Waals surface area contributed by atoms with Crippen molar-refractivity contribution >= 4 is 39.5 Å². The van der Waals surface area contributed by atoms with E-state index in [0.717, 1.165) is 0 Å². The van der Waals surface area contributed by atoms with Crippen molar-refractivity contribution < 1.29 is 28.6 Å². The van der Waals surface area contributed by atoms with E-state index in [1.807, 2.05) is 0 Å². The third-order valence-electron chi connectivity index (χ3n) is 4.61. The Bertz CT molecular complexity index is 981. The summed E-state index contributed by atoms with van der Waals surface area (Å²) in [5, 5.41) is 2.74. The molecule has 2 aliphatic heterocycles. The van der Waals surface area contributed by atoms with E-state index in [9.17, 15) is 14.4 Å². The van der Waals surface area contributed by atoms with Crippen LogP contribution < -0.4 is 11.1 Å². The number of hydrogen-bond donors (Lipinski definition) is 2. The Balaban J connectivity index is 2.38. The fraction of sp³-hybridized carbons (Fsp3) is 0.350. The molecule has 0 radical (unpaired) electrons. The highest BCUT2D eigenvalue weighted by Crippen LogP contribution is 2.53. The number of ether oxygens (including phenoxy) is 3. The minimum absolute atomic E-state index is 0.0730. The maximum atomic E-state index is 13.4. The Kier molecular flexibility index (Phi) is 5.44. The summed E-state index contributed by atoms with van der Waals surface area (Å²) in [5.74, 6) is -2.48. The largest absolute Gasteiger partial charge is 0.462 e. The zero-order valence-corrected chi connectivity index (χ0v) is 18.0. The van der Waals surface area contributed by atoms with Crippen LogP contribution in [0.3, 0.4) is 0 Å². The van der Waals surface area contributed by atoms with Gasteiger partial charge < -0.3 is 25.3 Å². The number of halogens is 1. The van der Waals surface area contributed by atoms with E-state index in [2.05, 4.69) is 21.2 Å². The molecule has 0 saturated carbocycles. The van der Waals surface area contributed by atoms with Crippen LogP contribution in [0.1, 0.15) is 33.3 Å². The van der Waals surface area contributed by atoms with E-state index >= 15 is 0 Å². The molecule has 8 nitrogen and oxygen atoms in total. The Hall–Kier alpha value is -2.81. The first-order valence-electron chi connectivity index (χ1n) is 9.03. The predicted octanol–water partition coefficient (Wildman–Crippen LogP) is 2.63. The van der Waals surface area contributed by atoms with Crippen molar-refractivity contribution in [3.63, 3.8) is 0 Å². The molecular formula is C20H21BrN2O6. The van der Waals surface area contributed by atoms with Crippen LogP contribution in [0.2, 0.25) is 0 Å². The molecule has 0 fully saturated rings. The summed E-state index contributed by atoms with van der Waals surface area (Å²) >= 11 is 3.38. The van der Waals surface area contributed by atoms with Crippen LogP contribution in [0.5, 0.6) is 0 Å². The molecule has 29 heavy (non-hydrogen) atoms. The smallest absolute Gasteiger partial charge is 0.341 e. The minimum Gasteiger partial charge on any atom is -0.462 e. The van der Waals surface area contributed by atoms with Crippen LogP contribution in [0.4, 0.5) is 5.69 Å². The maximum absolute atomic E-state index is 13.4. The van der Waals surface area contributed by atoms with Gasteiger partial charge in [-0.15, -0.1) is 0 Å². The van der Waals surface area contributed by atoms with Gasteiger partial charge in [-0.25, -0.2) is 9.59 Å². The third kappa shape index (κ3) is 3.19. The lowest BCUT2D eigenvalue weighted by molar-refractivity contribution is -0.145. The van der Waals surface area contributed by atoms with Gasteiger partial charge >= 0.3 is 11.9 Å². The molecule has 1 unspecified atom stereocenters. The quantitative estimate of drug-likeness (QED) is 0.657. The van der Waals surface area contributed by atoms with Crippen LogP contribution in [0.25, 0.3) is 0 Å². The summed E-state index contributed by atoms with van der Waals surface area (Å²) in [5.41, 5.74) is 4.67. The van der Waals surface area contributed by atoms with Gasteiger partial charge in [0.2, 0.25) is 11.8 Å². The average Bonchev–Trinajstić information content (AvgIpc) is 2.86. The summed E-state index contributed by atoms with van der Waals surface area (Å²) in [6.07, 6.45) is -0.482. The summed E-state index contributed by atoms with van der Waals surface area (Å²) in [6.45, 7) is 6.54. The Morgan fingerprint density at radius 1 is 1.28 bits per heavy atom. The number of fused-ring (bicyclic) bond motifs is 2. The number of hydrogen-bond acceptors (Lipinski definition) is 7. The Morgan fingerprint density at radius 3 is 2.59 bits per heavy atom. The maximum Gasteiger partial charge on any atom is 0.341 e. The molecule has 3 N–H and O–H groups in total. The van der Waals surface area contributed by atoms with Gasteiger partial charge in [0.05, 0.1) is 12.7 Å². The fourth-order valence-corrected chi connectivity index (χ4v) is 4.00. The molecule has 1 aromatic carbocycles. The number of nitrogens with two attached hydrogens (primary N) is 1. The van der Waals surface area contributed by atoms with Crippen LogP contribution in [0, 0.1) is 0 Å². The van der Waals surface area contributed by atoms with Gasteiger partial charge in [-0.2, -0.15) is 0 Å². The lowest BCUT2D eigenvalue weighted by Gasteiger charge is -2.35. The number of rotatable bonds is 4. The Labute approximate surface area is 176 Å². The van der Waals surface area contributed by atoms with E-state index in [0.29, 0.717) is 15.7 Å². The minimum atomic E-state index is -1.86. The zero-order valence-electron chi connectivity index (χ0n) is 16.4.